The summed E-state index contributed by atoms with van der Waals surface area (Å²) in [6, 6.07) is 20.1. The number of fused-ring (bicyclic) bond motifs is 1. The van der Waals surface area contributed by atoms with Crippen LogP contribution in [-0.2, 0) is 0 Å². The summed E-state index contributed by atoms with van der Waals surface area (Å²) in [5.74, 6) is 1.21. The van der Waals surface area contributed by atoms with Gasteiger partial charge in [-0.1, -0.05) is 18.2 Å². The standard InChI is InChI=1S/C25H21N7O2/c1-16-6-8-22(34-2)21(14-16)28-25(33)27-19-5-3-4-18(15-19)20-7-9-23-29-30-24(32(23)31-20)17-10-12-26-13-11-17/h3-15H,1-2H3,(H2,27,28,33). The molecule has 5 rings (SSSR count). The van der Waals surface area contributed by atoms with Gasteiger partial charge in [0.15, 0.2) is 11.5 Å². The predicted octanol–water partition coefficient (Wildman–Crippen LogP) is 4.81. The Hall–Kier alpha value is -4.79. The molecule has 0 fully saturated rings. The monoisotopic (exact) mass is 451 g/mol. The molecular formula is C25H21N7O2. The van der Waals surface area contributed by atoms with E-state index in [4.69, 9.17) is 9.84 Å². The third kappa shape index (κ3) is 4.26. The van der Waals surface area contributed by atoms with Crippen LogP contribution in [0, 0.1) is 6.92 Å². The number of benzene rings is 2. The molecule has 0 aliphatic rings. The molecule has 0 atom stereocenters. The topological polar surface area (TPSA) is 106 Å². The average Bonchev–Trinajstić information content (AvgIpc) is 3.28. The summed E-state index contributed by atoms with van der Waals surface area (Å²) in [5.41, 5.74) is 5.29. The lowest BCUT2D eigenvalue weighted by Crippen LogP contribution is -2.19. The smallest absolute Gasteiger partial charge is 0.323 e. The zero-order valence-electron chi connectivity index (χ0n) is 18.6. The molecule has 5 aromatic rings. The van der Waals surface area contributed by atoms with Crippen molar-refractivity contribution in [3.63, 3.8) is 0 Å². The molecule has 3 aromatic heterocycles. The van der Waals surface area contributed by atoms with Gasteiger partial charge in [-0.05, 0) is 61.0 Å². The van der Waals surface area contributed by atoms with Crippen LogP contribution in [0.25, 0.3) is 28.3 Å². The maximum atomic E-state index is 12.6. The summed E-state index contributed by atoms with van der Waals surface area (Å²) in [4.78, 5) is 16.7. The summed E-state index contributed by atoms with van der Waals surface area (Å²) in [5, 5.41) is 18.9. The fourth-order valence-corrected chi connectivity index (χ4v) is 3.58. The Morgan fingerprint density at radius 2 is 1.76 bits per heavy atom. The quantitative estimate of drug-likeness (QED) is 0.397. The number of urea groups is 1. The Morgan fingerprint density at radius 3 is 2.59 bits per heavy atom. The van der Waals surface area contributed by atoms with Crippen LogP contribution < -0.4 is 15.4 Å². The number of anilines is 2. The number of carbonyl (C=O) groups excluding carboxylic acids is 1. The molecule has 0 unspecified atom stereocenters. The number of nitrogens with zero attached hydrogens (tertiary/aromatic N) is 5. The molecule has 2 aromatic carbocycles. The van der Waals surface area contributed by atoms with E-state index in [-0.39, 0.29) is 6.03 Å². The fraction of sp³-hybridized carbons (Fsp3) is 0.0800. The minimum atomic E-state index is -0.372. The first-order valence-corrected chi connectivity index (χ1v) is 10.6. The maximum Gasteiger partial charge on any atom is 0.323 e. The van der Waals surface area contributed by atoms with Gasteiger partial charge in [0.1, 0.15) is 5.75 Å². The van der Waals surface area contributed by atoms with E-state index >= 15 is 0 Å². The summed E-state index contributed by atoms with van der Waals surface area (Å²) in [6.07, 6.45) is 3.40. The van der Waals surface area contributed by atoms with E-state index in [9.17, 15) is 4.79 Å². The van der Waals surface area contributed by atoms with E-state index in [0.717, 1.165) is 16.7 Å². The zero-order chi connectivity index (χ0) is 23.5. The van der Waals surface area contributed by atoms with Crippen LogP contribution >= 0.6 is 0 Å². The number of hydrogen-bond donors (Lipinski definition) is 2. The van der Waals surface area contributed by atoms with Crippen LogP contribution in [0.5, 0.6) is 5.75 Å². The number of aromatic nitrogens is 5. The van der Waals surface area contributed by atoms with Crippen LogP contribution in [0.4, 0.5) is 16.2 Å². The number of hydrogen-bond acceptors (Lipinski definition) is 6. The van der Waals surface area contributed by atoms with Crippen LogP contribution in [0.1, 0.15) is 5.56 Å². The van der Waals surface area contributed by atoms with Crippen LogP contribution in [0.3, 0.4) is 0 Å². The van der Waals surface area contributed by atoms with E-state index in [1.54, 1.807) is 24.0 Å². The molecule has 0 saturated carbocycles. The summed E-state index contributed by atoms with van der Waals surface area (Å²) in [6.45, 7) is 1.95. The van der Waals surface area contributed by atoms with Crippen LogP contribution in [0.15, 0.2) is 79.1 Å². The molecule has 2 amide bonds. The first kappa shape index (κ1) is 21.1. The number of nitrogens with one attached hydrogen (secondary N) is 2. The molecule has 0 bridgehead atoms. The number of carbonyl (C=O) groups is 1. The largest absolute Gasteiger partial charge is 0.495 e. The van der Waals surface area contributed by atoms with E-state index in [1.807, 2.05) is 73.7 Å². The number of rotatable bonds is 5. The number of methoxy groups -OCH3 is 1. The second kappa shape index (κ2) is 8.99. The molecule has 34 heavy (non-hydrogen) atoms. The summed E-state index contributed by atoms with van der Waals surface area (Å²) >= 11 is 0. The van der Waals surface area contributed by atoms with Crippen molar-refractivity contribution >= 4 is 23.1 Å². The van der Waals surface area contributed by atoms with Crippen LogP contribution in [-0.4, -0.2) is 37.9 Å². The molecular weight excluding hydrogens is 430 g/mol. The van der Waals surface area contributed by atoms with Crippen molar-refractivity contribution in [2.75, 3.05) is 17.7 Å². The van der Waals surface area contributed by atoms with Gasteiger partial charge >= 0.3 is 6.03 Å². The van der Waals surface area contributed by atoms with E-state index in [1.165, 1.54) is 0 Å². The Morgan fingerprint density at radius 1 is 0.912 bits per heavy atom. The molecule has 0 saturated heterocycles. The van der Waals surface area contributed by atoms with Crippen molar-refractivity contribution in [2.24, 2.45) is 0 Å². The van der Waals surface area contributed by atoms with Gasteiger partial charge < -0.3 is 15.4 Å². The van der Waals surface area contributed by atoms with Crippen LogP contribution in [0.2, 0.25) is 0 Å². The van der Waals surface area contributed by atoms with Crippen molar-refractivity contribution in [3.05, 3.63) is 84.7 Å². The van der Waals surface area contributed by atoms with Gasteiger partial charge in [-0.25, -0.2) is 4.79 Å². The Labute approximate surface area is 195 Å². The number of ether oxygens (including phenoxy) is 1. The second-order valence-corrected chi connectivity index (χ2v) is 7.61. The highest BCUT2D eigenvalue weighted by Gasteiger charge is 2.12. The normalized spacial score (nSPS) is 10.8. The molecule has 9 heteroatoms. The fourth-order valence-electron chi connectivity index (χ4n) is 3.58. The molecule has 168 valence electrons. The molecule has 0 aliphatic carbocycles. The Bertz CT molecular complexity index is 1480. The Kier molecular flexibility index (Phi) is 5.57. The van der Waals surface area contributed by atoms with Crippen molar-refractivity contribution in [1.82, 2.24) is 24.8 Å². The van der Waals surface area contributed by atoms with Crippen molar-refractivity contribution in [1.29, 1.82) is 0 Å². The lowest BCUT2D eigenvalue weighted by Gasteiger charge is -2.12. The molecule has 9 nitrogen and oxygen atoms in total. The van der Waals surface area contributed by atoms with Crippen molar-refractivity contribution in [2.45, 2.75) is 6.92 Å². The van der Waals surface area contributed by atoms with Gasteiger partial charge in [0.2, 0.25) is 0 Å². The SMILES string of the molecule is COc1ccc(C)cc1NC(=O)Nc1cccc(-c2ccc3nnc(-c4ccncc4)n3n2)c1. The van der Waals surface area contributed by atoms with Gasteiger partial charge in [0.05, 0.1) is 18.5 Å². The van der Waals surface area contributed by atoms with E-state index in [2.05, 4.69) is 25.8 Å². The molecule has 0 aliphatic heterocycles. The highest BCUT2D eigenvalue weighted by atomic mass is 16.5. The van der Waals surface area contributed by atoms with Crippen molar-refractivity contribution < 1.29 is 9.53 Å². The van der Waals surface area contributed by atoms with Gasteiger partial charge in [-0.3, -0.25) is 4.98 Å². The highest BCUT2D eigenvalue weighted by molar-refractivity contribution is 6.01. The van der Waals surface area contributed by atoms with E-state index < -0.39 is 0 Å². The number of pyridine rings is 1. The predicted molar refractivity (Wildman–Crippen MR) is 130 cm³/mol. The Balaban J connectivity index is 1.40. The number of aryl methyl sites for hydroxylation is 1. The zero-order valence-corrected chi connectivity index (χ0v) is 18.6. The summed E-state index contributed by atoms with van der Waals surface area (Å²) in [7, 11) is 1.57. The lowest BCUT2D eigenvalue weighted by atomic mass is 10.1. The van der Waals surface area contributed by atoms with Crippen molar-refractivity contribution in [3.8, 4) is 28.4 Å². The molecule has 0 spiro atoms. The van der Waals surface area contributed by atoms with Gasteiger partial charge in [-0.2, -0.15) is 9.61 Å². The molecule has 0 radical (unpaired) electrons. The third-order valence-corrected chi connectivity index (χ3v) is 5.22. The molecule has 3 heterocycles. The highest BCUT2D eigenvalue weighted by Crippen LogP contribution is 2.26. The summed E-state index contributed by atoms with van der Waals surface area (Å²) < 4.78 is 7.03. The lowest BCUT2D eigenvalue weighted by molar-refractivity contribution is 0.262. The number of amides is 2. The average molecular weight is 451 g/mol. The minimum absolute atomic E-state index is 0.372. The minimum Gasteiger partial charge on any atom is -0.495 e. The third-order valence-electron chi connectivity index (χ3n) is 5.22. The van der Waals surface area contributed by atoms with E-state index in [0.29, 0.717) is 34.3 Å². The van der Waals surface area contributed by atoms with Gasteiger partial charge in [-0.15, -0.1) is 10.2 Å². The first-order chi connectivity index (χ1) is 16.6. The first-order valence-electron chi connectivity index (χ1n) is 10.6. The molecule has 2 N–H and O–H groups in total. The van der Waals surface area contributed by atoms with Gasteiger partial charge in [0, 0.05) is 29.2 Å². The second-order valence-electron chi connectivity index (χ2n) is 7.61. The van der Waals surface area contributed by atoms with Gasteiger partial charge in [0.25, 0.3) is 0 Å². The maximum absolute atomic E-state index is 12.6.